The number of unbranched alkanes of at least 4 members (excludes halogenated alkanes) is 1. The minimum absolute atomic E-state index is 0.0146. The first kappa shape index (κ1) is 27.9. The number of rotatable bonds is 11. The summed E-state index contributed by atoms with van der Waals surface area (Å²) in [6.07, 6.45) is 2.44. The van der Waals surface area contributed by atoms with Gasteiger partial charge in [0.25, 0.3) is 5.91 Å². The van der Waals surface area contributed by atoms with Crippen molar-refractivity contribution in [2.45, 2.75) is 78.8 Å². The van der Waals surface area contributed by atoms with E-state index in [-0.39, 0.29) is 23.8 Å². The maximum atomic E-state index is 13.4. The second-order valence-electron chi connectivity index (χ2n) is 9.70. The highest BCUT2D eigenvalue weighted by Crippen LogP contribution is 2.31. The monoisotopic (exact) mass is 530 g/mol. The van der Waals surface area contributed by atoms with Gasteiger partial charge in [-0.2, -0.15) is 0 Å². The fourth-order valence-electron chi connectivity index (χ4n) is 3.70. The smallest absolute Gasteiger partial charge is 0.261 e. The minimum atomic E-state index is -0.556. The minimum Gasteiger partial charge on any atom is -0.483 e. The third-order valence-electron chi connectivity index (χ3n) is 5.97. The van der Waals surface area contributed by atoms with Crippen LogP contribution in [0, 0.1) is 6.92 Å². The average Bonchev–Trinajstić information content (AvgIpc) is 2.78. The molecule has 1 atom stereocenters. The lowest BCUT2D eigenvalue weighted by molar-refractivity contribution is -0.143. The van der Waals surface area contributed by atoms with Gasteiger partial charge in [-0.1, -0.05) is 71.4 Å². The second-order valence-corrected chi connectivity index (χ2v) is 10.6. The van der Waals surface area contributed by atoms with Crippen LogP contribution in [0.2, 0.25) is 0 Å². The van der Waals surface area contributed by atoms with Crippen molar-refractivity contribution in [1.82, 2.24) is 10.2 Å². The van der Waals surface area contributed by atoms with Crippen molar-refractivity contribution in [3.05, 3.63) is 63.6 Å². The lowest BCUT2D eigenvalue weighted by atomic mass is 9.87. The van der Waals surface area contributed by atoms with Gasteiger partial charge in [0.1, 0.15) is 11.8 Å². The fraction of sp³-hybridized carbons (Fsp3) is 0.500. The molecule has 2 amide bonds. The quantitative estimate of drug-likeness (QED) is 0.354. The molecule has 0 heterocycles. The van der Waals surface area contributed by atoms with Crippen molar-refractivity contribution in [2.24, 2.45) is 0 Å². The zero-order chi connectivity index (χ0) is 25.3. The molecule has 0 aliphatic rings. The predicted octanol–water partition coefficient (Wildman–Crippen LogP) is 6.16. The van der Waals surface area contributed by atoms with E-state index in [0.29, 0.717) is 25.3 Å². The highest BCUT2D eigenvalue weighted by atomic mass is 79.9. The third kappa shape index (κ3) is 7.86. The fourth-order valence-corrected chi connectivity index (χ4v) is 4.20. The summed E-state index contributed by atoms with van der Waals surface area (Å²) in [4.78, 5) is 28.0. The predicted molar refractivity (Wildman–Crippen MR) is 142 cm³/mol. The Kier molecular flexibility index (Phi) is 10.6. The van der Waals surface area contributed by atoms with Crippen LogP contribution in [0.5, 0.6) is 5.75 Å². The van der Waals surface area contributed by atoms with Crippen LogP contribution >= 0.6 is 15.9 Å². The molecule has 0 radical (unpaired) electrons. The van der Waals surface area contributed by atoms with Gasteiger partial charge in [0.15, 0.2) is 6.61 Å². The van der Waals surface area contributed by atoms with Crippen LogP contribution in [0.4, 0.5) is 0 Å². The van der Waals surface area contributed by atoms with E-state index in [2.05, 4.69) is 48.9 Å². The normalized spacial score (nSPS) is 12.2. The van der Waals surface area contributed by atoms with Gasteiger partial charge in [0.2, 0.25) is 5.91 Å². The zero-order valence-electron chi connectivity index (χ0n) is 21.4. The standard InChI is InChI=1S/C28H39BrN2O3/c1-7-9-16-30-27(33)24(8-2)31(18-21-13-11-10-12-20(21)3)26(32)19-34-25-15-14-22(17-23(25)29)28(4,5)6/h10-15,17,24H,7-9,16,18-19H2,1-6H3,(H,30,33). The molecule has 2 aromatic rings. The number of nitrogens with one attached hydrogen (secondary N) is 1. The molecule has 34 heavy (non-hydrogen) atoms. The lowest BCUT2D eigenvalue weighted by Crippen LogP contribution is -2.50. The van der Waals surface area contributed by atoms with Gasteiger partial charge in [-0.3, -0.25) is 9.59 Å². The van der Waals surface area contributed by atoms with Crippen LogP contribution in [0.3, 0.4) is 0 Å². The molecule has 0 fully saturated rings. The molecule has 2 rings (SSSR count). The Balaban J connectivity index is 2.22. The van der Waals surface area contributed by atoms with E-state index in [1.54, 1.807) is 4.90 Å². The number of amides is 2. The summed E-state index contributed by atoms with van der Waals surface area (Å²) < 4.78 is 6.73. The third-order valence-corrected chi connectivity index (χ3v) is 6.59. The molecule has 6 heteroatoms. The van der Waals surface area contributed by atoms with Gasteiger partial charge in [-0.05, 0) is 69.9 Å². The summed E-state index contributed by atoms with van der Waals surface area (Å²) in [6.45, 7) is 13.3. The van der Waals surface area contributed by atoms with Crippen molar-refractivity contribution >= 4 is 27.7 Å². The Morgan fingerprint density at radius 3 is 2.41 bits per heavy atom. The van der Waals surface area contributed by atoms with Crippen molar-refractivity contribution in [3.8, 4) is 5.75 Å². The number of carbonyl (C=O) groups excluding carboxylic acids is 2. The maximum absolute atomic E-state index is 13.4. The Bertz CT molecular complexity index is 968. The van der Waals surface area contributed by atoms with Crippen molar-refractivity contribution < 1.29 is 14.3 Å². The summed E-state index contributed by atoms with van der Waals surface area (Å²) in [6, 6.07) is 13.3. The summed E-state index contributed by atoms with van der Waals surface area (Å²) in [5, 5.41) is 2.99. The highest BCUT2D eigenvalue weighted by Gasteiger charge is 2.29. The first-order valence-electron chi connectivity index (χ1n) is 12.1. The number of benzene rings is 2. The van der Waals surface area contributed by atoms with Crippen molar-refractivity contribution in [2.75, 3.05) is 13.2 Å². The van der Waals surface area contributed by atoms with Crippen LogP contribution in [-0.2, 0) is 21.5 Å². The molecule has 5 nitrogen and oxygen atoms in total. The van der Waals surface area contributed by atoms with Gasteiger partial charge < -0.3 is 15.0 Å². The van der Waals surface area contributed by atoms with Crippen LogP contribution in [0.1, 0.15) is 70.6 Å². The topological polar surface area (TPSA) is 58.6 Å². The maximum Gasteiger partial charge on any atom is 0.261 e. The first-order valence-corrected chi connectivity index (χ1v) is 12.9. The van der Waals surface area contributed by atoms with E-state index in [9.17, 15) is 9.59 Å². The van der Waals surface area contributed by atoms with Crippen molar-refractivity contribution in [1.29, 1.82) is 0 Å². The number of halogens is 1. The van der Waals surface area contributed by atoms with Crippen LogP contribution < -0.4 is 10.1 Å². The SMILES string of the molecule is CCCCNC(=O)C(CC)N(Cc1ccccc1C)C(=O)COc1ccc(C(C)(C)C)cc1Br. The summed E-state index contributed by atoms with van der Waals surface area (Å²) in [7, 11) is 0. The van der Waals surface area contributed by atoms with Gasteiger partial charge in [-0.15, -0.1) is 0 Å². The molecular formula is C28H39BrN2O3. The molecule has 0 bridgehead atoms. The number of nitrogens with zero attached hydrogens (tertiary/aromatic N) is 1. The molecule has 1 N–H and O–H groups in total. The Hall–Kier alpha value is -2.34. The largest absolute Gasteiger partial charge is 0.483 e. The highest BCUT2D eigenvalue weighted by molar-refractivity contribution is 9.10. The summed E-state index contributed by atoms with van der Waals surface area (Å²) in [5.41, 5.74) is 3.30. The van der Waals surface area contributed by atoms with E-state index in [0.717, 1.165) is 28.4 Å². The summed E-state index contributed by atoms with van der Waals surface area (Å²) >= 11 is 3.58. The number of hydrogen-bond donors (Lipinski definition) is 1. The van der Waals surface area contributed by atoms with E-state index >= 15 is 0 Å². The number of ether oxygens (including phenoxy) is 1. The molecule has 0 saturated carbocycles. The number of aryl methyl sites for hydroxylation is 1. The van der Waals surface area contributed by atoms with Gasteiger partial charge in [0.05, 0.1) is 4.47 Å². The summed E-state index contributed by atoms with van der Waals surface area (Å²) in [5.74, 6) is 0.277. The molecule has 0 aliphatic carbocycles. The molecule has 186 valence electrons. The molecular weight excluding hydrogens is 492 g/mol. The Morgan fingerprint density at radius 1 is 1.12 bits per heavy atom. The van der Waals surface area contributed by atoms with Crippen LogP contribution in [-0.4, -0.2) is 35.9 Å². The van der Waals surface area contributed by atoms with Crippen LogP contribution in [0.15, 0.2) is 46.9 Å². The molecule has 0 saturated heterocycles. The zero-order valence-corrected chi connectivity index (χ0v) is 23.0. The molecule has 0 aromatic heterocycles. The van der Waals surface area contributed by atoms with Crippen molar-refractivity contribution in [3.63, 3.8) is 0 Å². The van der Waals surface area contributed by atoms with Gasteiger partial charge in [-0.25, -0.2) is 0 Å². The molecule has 0 spiro atoms. The van der Waals surface area contributed by atoms with E-state index < -0.39 is 6.04 Å². The molecule has 2 aromatic carbocycles. The Morgan fingerprint density at radius 2 is 1.82 bits per heavy atom. The van der Waals surface area contributed by atoms with Crippen LogP contribution in [0.25, 0.3) is 0 Å². The van der Waals surface area contributed by atoms with Gasteiger partial charge in [0, 0.05) is 13.1 Å². The van der Waals surface area contributed by atoms with Gasteiger partial charge >= 0.3 is 0 Å². The molecule has 1 unspecified atom stereocenters. The first-order chi connectivity index (χ1) is 16.1. The number of hydrogen-bond acceptors (Lipinski definition) is 3. The van der Waals surface area contributed by atoms with E-state index in [1.165, 1.54) is 5.56 Å². The van der Waals surface area contributed by atoms with E-state index in [4.69, 9.17) is 4.74 Å². The molecule has 0 aliphatic heterocycles. The number of carbonyl (C=O) groups is 2. The Labute approximate surface area is 213 Å². The second kappa shape index (κ2) is 12.9. The van der Waals surface area contributed by atoms with E-state index in [1.807, 2.05) is 56.3 Å². The lowest BCUT2D eigenvalue weighted by Gasteiger charge is -2.31. The average molecular weight is 532 g/mol.